The molecule has 156 valence electrons. The zero-order valence-corrected chi connectivity index (χ0v) is 17.9. The second-order valence-electron chi connectivity index (χ2n) is 7.06. The molecule has 2 heterocycles. The Morgan fingerprint density at radius 2 is 2.07 bits per heavy atom. The number of nitrogens with two attached hydrogens (primary N) is 1. The van der Waals surface area contributed by atoms with Crippen molar-refractivity contribution in [3.8, 4) is 0 Å². The molecule has 0 saturated carbocycles. The zero-order chi connectivity index (χ0) is 21.0. The Bertz CT molecular complexity index is 1050. The molecule has 0 spiro atoms. The lowest BCUT2D eigenvalue weighted by Crippen LogP contribution is -2.11. The number of hydrogen-bond donors (Lipinski definition) is 3. The SMILES string of the molecule is CCCCCNc1nc(N)nc2ccn(Cc3cc(P(=O)(O)OC)ccc3C)c12. The van der Waals surface area contributed by atoms with Gasteiger partial charge in [-0.25, -0.2) is 4.98 Å². The molecule has 0 radical (unpaired) electrons. The summed E-state index contributed by atoms with van der Waals surface area (Å²) in [7, 11) is -2.58. The van der Waals surface area contributed by atoms with Crippen molar-refractivity contribution in [3.05, 3.63) is 41.6 Å². The van der Waals surface area contributed by atoms with Crippen molar-refractivity contribution >= 4 is 35.7 Å². The quantitative estimate of drug-likeness (QED) is 0.361. The third kappa shape index (κ3) is 4.78. The fourth-order valence-corrected chi connectivity index (χ4v) is 4.05. The largest absolute Gasteiger partial charge is 0.368 e. The number of rotatable bonds is 9. The first kappa shape index (κ1) is 21.3. The first-order valence-corrected chi connectivity index (χ1v) is 11.3. The van der Waals surface area contributed by atoms with Crippen molar-refractivity contribution in [2.24, 2.45) is 0 Å². The van der Waals surface area contributed by atoms with Crippen molar-refractivity contribution in [2.45, 2.75) is 39.7 Å². The Kier molecular flexibility index (Phi) is 6.57. The second kappa shape index (κ2) is 8.95. The van der Waals surface area contributed by atoms with Crippen molar-refractivity contribution in [1.82, 2.24) is 14.5 Å². The smallest absolute Gasteiger partial charge is 0.358 e. The minimum atomic E-state index is -3.81. The van der Waals surface area contributed by atoms with Gasteiger partial charge < -0.3 is 25.0 Å². The van der Waals surface area contributed by atoms with E-state index in [2.05, 4.69) is 22.2 Å². The van der Waals surface area contributed by atoms with E-state index in [0.29, 0.717) is 12.4 Å². The highest BCUT2D eigenvalue weighted by Gasteiger charge is 2.22. The highest BCUT2D eigenvalue weighted by molar-refractivity contribution is 7.61. The number of aryl methyl sites for hydroxylation is 1. The maximum atomic E-state index is 12.2. The van der Waals surface area contributed by atoms with Gasteiger partial charge in [0.1, 0.15) is 5.52 Å². The van der Waals surface area contributed by atoms with E-state index >= 15 is 0 Å². The monoisotopic (exact) mass is 417 g/mol. The van der Waals surface area contributed by atoms with Crippen LogP contribution < -0.4 is 16.4 Å². The summed E-state index contributed by atoms with van der Waals surface area (Å²) in [5.41, 5.74) is 9.43. The van der Waals surface area contributed by atoms with Crippen molar-refractivity contribution in [2.75, 3.05) is 24.7 Å². The molecule has 1 atom stereocenters. The zero-order valence-electron chi connectivity index (χ0n) is 17.1. The molecule has 0 aliphatic rings. The predicted octanol–water partition coefficient (Wildman–Crippen LogP) is 3.43. The number of unbranched alkanes of at least 4 members (excludes halogenated alkanes) is 2. The molecule has 0 fully saturated rings. The van der Waals surface area contributed by atoms with Crippen LogP contribution in [0.25, 0.3) is 11.0 Å². The van der Waals surface area contributed by atoms with Gasteiger partial charge in [0.15, 0.2) is 5.82 Å². The van der Waals surface area contributed by atoms with Gasteiger partial charge >= 0.3 is 7.60 Å². The van der Waals surface area contributed by atoms with Crippen LogP contribution in [-0.2, 0) is 15.6 Å². The number of anilines is 2. The Morgan fingerprint density at radius 3 is 2.79 bits per heavy atom. The van der Waals surface area contributed by atoms with Crippen LogP contribution in [-0.4, -0.2) is 33.1 Å². The summed E-state index contributed by atoms with van der Waals surface area (Å²) in [5.74, 6) is 0.930. The predicted molar refractivity (Wildman–Crippen MR) is 117 cm³/mol. The van der Waals surface area contributed by atoms with E-state index in [1.54, 1.807) is 12.1 Å². The van der Waals surface area contributed by atoms with Crippen molar-refractivity contribution in [1.29, 1.82) is 0 Å². The number of fused-ring (bicyclic) bond motifs is 1. The summed E-state index contributed by atoms with van der Waals surface area (Å²) in [6.45, 7) is 5.44. The van der Waals surface area contributed by atoms with Crippen LogP contribution in [0, 0.1) is 6.92 Å². The Morgan fingerprint density at radius 1 is 1.28 bits per heavy atom. The van der Waals surface area contributed by atoms with E-state index in [1.165, 1.54) is 7.11 Å². The molecule has 1 unspecified atom stereocenters. The molecule has 0 aliphatic heterocycles. The highest BCUT2D eigenvalue weighted by atomic mass is 31.2. The standard InChI is InChI=1S/C20H28N5O3P/c1-4-5-6-10-22-19-18-17(23-20(21)24-19)9-11-25(18)13-15-12-16(8-7-14(15)2)29(26,27)28-3/h7-9,11-12H,4-6,10,13H2,1-3H3,(H,26,27)(H3,21,22,23,24). The average Bonchev–Trinajstić information content (AvgIpc) is 3.09. The molecule has 0 bridgehead atoms. The molecule has 0 aliphatic carbocycles. The summed E-state index contributed by atoms with van der Waals surface area (Å²) >= 11 is 0. The Hall–Kier alpha value is -2.41. The van der Waals surface area contributed by atoms with Gasteiger partial charge in [-0.05, 0) is 42.7 Å². The van der Waals surface area contributed by atoms with Crippen LogP contribution in [0.3, 0.4) is 0 Å². The van der Waals surface area contributed by atoms with Crippen LogP contribution in [0.5, 0.6) is 0 Å². The summed E-state index contributed by atoms with van der Waals surface area (Å²) < 4.78 is 19.0. The van der Waals surface area contributed by atoms with Gasteiger partial charge in [0.2, 0.25) is 5.95 Å². The van der Waals surface area contributed by atoms with Gasteiger partial charge in [0, 0.05) is 26.4 Å². The molecule has 2 aromatic heterocycles. The van der Waals surface area contributed by atoms with Gasteiger partial charge in [0.05, 0.1) is 10.8 Å². The van der Waals surface area contributed by atoms with E-state index in [-0.39, 0.29) is 11.3 Å². The number of nitrogen functional groups attached to an aromatic ring is 1. The van der Waals surface area contributed by atoms with Crippen LogP contribution in [0.1, 0.15) is 37.3 Å². The van der Waals surface area contributed by atoms with E-state index in [4.69, 9.17) is 10.3 Å². The highest BCUT2D eigenvalue weighted by Crippen LogP contribution is 2.39. The summed E-state index contributed by atoms with van der Waals surface area (Å²) in [4.78, 5) is 18.7. The average molecular weight is 417 g/mol. The summed E-state index contributed by atoms with van der Waals surface area (Å²) in [6, 6.07) is 7.08. The fourth-order valence-electron chi connectivity index (χ4n) is 3.25. The van der Waals surface area contributed by atoms with Crippen LogP contribution in [0.2, 0.25) is 0 Å². The first-order valence-electron chi connectivity index (χ1n) is 9.70. The molecule has 1 aromatic carbocycles. The van der Waals surface area contributed by atoms with Crippen molar-refractivity contribution in [3.63, 3.8) is 0 Å². The molecular formula is C20H28N5O3P. The van der Waals surface area contributed by atoms with Gasteiger partial charge in [-0.1, -0.05) is 25.8 Å². The third-order valence-corrected chi connectivity index (χ3v) is 6.37. The summed E-state index contributed by atoms with van der Waals surface area (Å²) in [6.07, 6.45) is 5.26. The van der Waals surface area contributed by atoms with Gasteiger partial charge in [-0.3, -0.25) is 4.57 Å². The van der Waals surface area contributed by atoms with E-state index in [1.807, 2.05) is 29.8 Å². The molecule has 3 aromatic rings. The van der Waals surface area contributed by atoms with Gasteiger partial charge in [-0.15, -0.1) is 0 Å². The second-order valence-corrected chi connectivity index (χ2v) is 8.98. The van der Waals surface area contributed by atoms with Crippen LogP contribution in [0.15, 0.2) is 30.5 Å². The molecule has 8 nitrogen and oxygen atoms in total. The number of nitrogens with one attached hydrogen (secondary N) is 1. The lowest BCUT2D eigenvalue weighted by Gasteiger charge is -2.15. The maximum Gasteiger partial charge on any atom is 0.358 e. The normalized spacial score (nSPS) is 13.5. The van der Waals surface area contributed by atoms with E-state index < -0.39 is 7.60 Å². The Balaban J connectivity index is 1.97. The van der Waals surface area contributed by atoms with Gasteiger partial charge in [-0.2, -0.15) is 4.98 Å². The fraction of sp³-hybridized carbons (Fsp3) is 0.400. The minimum absolute atomic E-state index is 0.229. The molecule has 0 saturated heterocycles. The Labute approximate surface area is 170 Å². The lowest BCUT2D eigenvalue weighted by atomic mass is 10.1. The molecule has 4 N–H and O–H groups in total. The number of aromatic nitrogens is 3. The summed E-state index contributed by atoms with van der Waals surface area (Å²) in [5, 5.41) is 3.65. The van der Waals surface area contributed by atoms with Gasteiger partial charge in [0.25, 0.3) is 0 Å². The molecule has 0 amide bonds. The third-order valence-electron chi connectivity index (χ3n) is 4.95. The van der Waals surface area contributed by atoms with E-state index in [9.17, 15) is 9.46 Å². The number of benzene rings is 1. The van der Waals surface area contributed by atoms with Crippen LogP contribution >= 0.6 is 7.60 Å². The number of nitrogens with zero attached hydrogens (tertiary/aromatic N) is 3. The molecule has 29 heavy (non-hydrogen) atoms. The topological polar surface area (TPSA) is 115 Å². The first-order chi connectivity index (χ1) is 13.9. The minimum Gasteiger partial charge on any atom is -0.368 e. The molecular weight excluding hydrogens is 389 g/mol. The molecule has 3 rings (SSSR count). The van der Waals surface area contributed by atoms with Crippen LogP contribution in [0.4, 0.5) is 11.8 Å². The van der Waals surface area contributed by atoms with Crippen molar-refractivity contribution < 1.29 is 14.0 Å². The molecule has 9 heteroatoms. The lowest BCUT2D eigenvalue weighted by molar-refractivity contribution is 0.328. The van der Waals surface area contributed by atoms with E-state index in [0.717, 1.165) is 48.0 Å². The number of hydrogen-bond acceptors (Lipinski definition) is 6. The maximum absolute atomic E-state index is 12.2.